The third-order valence-electron chi connectivity index (χ3n) is 0. The van der Waals surface area contributed by atoms with E-state index >= 15 is 0 Å². The smallest absolute Gasteiger partial charge is 0.390 e. The van der Waals surface area contributed by atoms with Crippen LogP contribution in [0.5, 0.6) is 0 Å². The van der Waals surface area contributed by atoms with Gasteiger partial charge in [0, 0.05) is 13.1 Å². The first kappa shape index (κ1) is 12.8. The molecule has 0 saturated carbocycles. The highest BCUT2D eigenvalue weighted by atomic mass is 28.4. The van der Waals surface area contributed by atoms with Gasteiger partial charge in [0.2, 0.25) is 0 Å². The second kappa shape index (κ2) is 4.15. The summed E-state index contributed by atoms with van der Waals surface area (Å²) in [4.78, 5) is 46.6. The molecule has 0 unspecified atom stereocenters. The highest BCUT2D eigenvalue weighted by molar-refractivity contribution is 6.54. The summed E-state index contributed by atoms with van der Waals surface area (Å²) in [5, 5.41) is 0. The fraction of sp³-hybridized carbons (Fsp3) is 1.00. The van der Waals surface area contributed by atoms with E-state index in [9.17, 15) is 0 Å². The molecule has 10 heavy (non-hydrogen) atoms. The van der Waals surface area contributed by atoms with Crippen molar-refractivity contribution in [3.63, 3.8) is 0 Å². The summed E-state index contributed by atoms with van der Waals surface area (Å²) in [7, 11) is -7.22. The quantitative estimate of drug-likeness (QED) is 0.226. The zero-order valence-electron chi connectivity index (χ0n) is 5.68. The molecule has 0 bridgehead atoms. The third kappa shape index (κ3) is 11300. The molecule has 64 valence electrons. The SMILES string of the molecule is C[Si](O)(O)O.C[Si](O)(O)O. The van der Waals surface area contributed by atoms with Crippen LogP contribution < -0.4 is 0 Å². The summed E-state index contributed by atoms with van der Waals surface area (Å²) in [6.07, 6.45) is 0. The lowest BCUT2D eigenvalue weighted by Crippen LogP contribution is -2.28. The molecular formula is C2H12O6Si2. The molecule has 0 aromatic heterocycles. The van der Waals surface area contributed by atoms with Crippen molar-refractivity contribution in [1.29, 1.82) is 0 Å². The number of hydrogen-bond donors (Lipinski definition) is 6. The minimum absolute atomic E-state index is 0.993. The van der Waals surface area contributed by atoms with Gasteiger partial charge in [-0.3, -0.25) is 0 Å². The molecule has 0 spiro atoms. The molecule has 0 atom stereocenters. The molecule has 8 heteroatoms. The Morgan fingerprint density at radius 3 is 0.600 bits per heavy atom. The van der Waals surface area contributed by atoms with Gasteiger partial charge in [0.1, 0.15) is 0 Å². The number of hydrogen-bond acceptors (Lipinski definition) is 6. The molecule has 0 aliphatic carbocycles. The molecule has 0 rings (SSSR count). The average molecular weight is 188 g/mol. The molecule has 0 fully saturated rings. The van der Waals surface area contributed by atoms with Crippen molar-refractivity contribution in [2.75, 3.05) is 0 Å². The lowest BCUT2D eigenvalue weighted by molar-refractivity contribution is 0.237. The fourth-order valence-electron chi connectivity index (χ4n) is 0. The summed E-state index contributed by atoms with van der Waals surface area (Å²) < 4.78 is 0. The van der Waals surface area contributed by atoms with Crippen molar-refractivity contribution in [1.82, 2.24) is 0 Å². The summed E-state index contributed by atoms with van der Waals surface area (Å²) in [6, 6.07) is 0. The Balaban J connectivity index is 0. The Hall–Kier alpha value is 0.194. The zero-order chi connectivity index (χ0) is 9.00. The van der Waals surface area contributed by atoms with Crippen molar-refractivity contribution >= 4 is 17.6 Å². The van der Waals surface area contributed by atoms with Crippen LogP contribution in [0.4, 0.5) is 0 Å². The van der Waals surface area contributed by atoms with Crippen molar-refractivity contribution in [2.45, 2.75) is 13.1 Å². The predicted octanol–water partition coefficient (Wildman–Crippen LogP) is -2.94. The minimum Gasteiger partial charge on any atom is -0.390 e. The van der Waals surface area contributed by atoms with E-state index in [1.165, 1.54) is 0 Å². The van der Waals surface area contributed by atoms with Crippen LogP contribution in [-0.4, -0.2) is 46.4 Å². The first-order valence-corrected chi connectivity index (χ1v) is 7.02. The molecule has 0 heterocycles. The molecule has 0 aliphatic heterocycles. The highest BCUT2D eigenvalue weighted by Gasteiger charge is 2.15. The largest absolute Gasteiger partial charge is 0.489 e. The molecule has 0 aromatic rings. The van der Waals surface area contributed by atoms with Crippen LogP contribution in [-0.2, 0) is 0 Å². The average Bonchev–Trinajstić information content (AvgIpc) is 1.12. The van der Waals surface area contributed by atoms with Crippen molar-refractivity contribution < 1.29 is 28.8 Å². The second-order valence-electron chi connectivity index (χ2n) is 1.94. The van der Waals surface area contributed by atoms with Crippen molar-refractivity contribution in [2.24, 2.45) is 0 Å². The maximum absolute atomic E-state index is 7.77. The molecule has 0 aromatic carbocycles. The van der Waals surface area contributed by atoms with Crippen LogP contribution in [0, 0.1) is 0 Å². The van der Waals surface area contributed by atoms with Gasteiger partial charge >= 0.3 is 17.6 Å². The Morgan fingerprint density at radius 1 is 0.600 bits per heavy atom. The third-order valence-corrected chi connectivity index (χ3v) is 0. The normalized spacial score (nSPS) is 12.0. The van der Waals surface area contributed by atoms with Gasteiger partial charge in [-0.2, -0.15) is 0 Å². The molecule has 0 radical (unpaired) electrons. The van der Waals surface area contributed by atoms with Gasteiger partial charge in [0.05, 0.1) is 0 Å². The van der Waals surface area contributed by atoms with Crippen LogP contribution in [0.15, 0.2) is 0 Å². The van der Waals surface area contributed by atoms with Crippen LogP contribution in [0.3, 0.4) is 0 Å². The van der Waals surface area contributed by atoms with Gasteiger partial charge in [0.25, 0.3) is 0 Å². The lowest BCUT2D eigenvalue weighted by Gasteiger charge is -1.95. The first-order valence-electron chi connectivity index (χ1n) is 2.34. The van der Waals surface area contributed by atoms with E-state index in [0.29, 0.717) is 0 Å². The maximum atomic E-state index is 7.77. The van der Waals surface area contributed by atoms with Gasteiger partial charge in [-0.1, -0.05) is 0 Å². The van der Waals surface area contributed by atoms with Gasteiger partial charge in [-0.15, -0.1) is 0 Å². The van der Waals surface area contributed by atoms with E-state index in [1.54, 1.807) is 0 Å². The zero-order valence-corrected chi connectivity index (χ0v) is 7.68. The predicted molar refractivity (Wildman–Crippen MR) is 36.5 cm³/mol. The molecule has 0 amide bonds. The Bertz CT molecular complexity index is 56.7. The second-order valence-corrected chi connectivity index (χ2v) is 5.82. The summed E-state index contributed by atoms with van der Waals surface area (Å²) in [5.41, 5.74) is 0. The van der Waals surface area contributed by atoms with E-state index in [-0.39, 0.29) is 0 Å². The molecule has 0 aliphatic rings. The molecule has 6 N–H and O–H groups in total. The summed E-state index contributed by atoms with van der Waals surface area (Å²) in [5.74, 6) is 0. The number of rotatable bonds is 0. The van der Waals surface area contributed by atoms with E-state index in [0.717, 1.165) is 13.1 Å². The molecular weight excluding hydrogens is 176 g/mol. The minimum atomic E-state index is -3.61. The van der Waals surface area contributed by atoms with Crippen LogP contribution >= 0.6 is 0 Å². The summed E-state index contributed by atoms with van der Waals surface area (Å²) in [6.45, 7) is 1.99. The Morgan fingerprint density at radius 2 is 0.600 bits per heavy atom. The lowest BCUT2D eigenvalue weighted by atomic mass is 11.9. The van der Waals surface area contributed by atoms with Crippen molar-refractivity contribution in [3.05, 3.63) is 0 Å². The maximum Gasteiger partial charge on any atom is 0.489 e. The van der Waals surface area contributed by atoms with E-state index < -0.39 is 17.6 Å². The van der Waals surface area contributed by atoms with Gasteiger partial charge in [0.15, 0.2) is 0 Å². The fourth-order valence-corrected chi connectivity index (χ4v) is 0. The van der Waals surface area contributed by atoms with Gasteiger partial charge < -0.3 is 28.8 Å². The Kier molecular flexibility index (Phi) is 5.33. The molecule has 0 saturated heterocycles. The van der Waals surface area contributed by atoms with Gasteiger partial charge in [-0.05, 0) is 0 Å². The van der Waals surface area contributed by atoms with E-state index in [1.807, 2.05) is 0 Å². The van der Waals surface area contributed by atoms with Gasteiger partial charge in [-0.25, -0.2) is 0 Å². The Labute approximate surface area is 60.4 Å². The topological polar surface area (TPSA) is 121 Å². The monoisotopic (exact) mass is 188 g/mol. The van der Waals surface area contributed by atoms with Crippen LogP contribution in [0.2, 0.25) is 13.1 Å². The molecule has 6 nitrogen and oxygen atoms in total. The van der Waals surface area contributed by atoms with Crippen LogP contribution in [0.1, 0.15) is 0 Å². The summed E-state index contributed by atoms with van der Waals surface area (Å²) >= 11 is 0. The van der Waals surface area contributed by atoms with Crippen LogP contribution in [0.25, 0.3) is 0 Å². The van der Waals surface area contributed by atoms with Crippen molar-refractivity contribution in [3.8, 4) is 0 Å². The standard InChI is InChI=1S/2CH6O3Si/c2*1-5(2,3)4/h2*2-4H,1H3. The van der Waals surface area contributed by atoms with E-state index in [4.69, 9.17) is 28.8 Å². The first-order chi connectivity index (χ1) is 4.00. The van der Waals surface area contributed by atoms with E-state index in [2.05, 4.69) is 0 Å². The highest BCUT2D eigenvalue weighted by Crippen LogP contribution is 1.75.